The maximum Gasteiger partial charge on any atom is 0.160 e. The molecule has 2 nitrogen and oxygen atoms in total. The molecule has 0 bridgehead atoms. The zero-order valence-electron chi connectivity index (χ0n) is 24.5. The molecule has 8 rings (SSSR count). The molecule has 212 valence electrons. The van der Waals surface area contributed by atoms with Gasteiger partial charge in [-0.1, -0.05) is 158 Å². The summed E-state index contributed by atoms with van der Waals surface area (Å²) in [5, 5.41) is 1.27. The topological polar surface area (TPSA) is 25.8 Å². The van der Waals surface area contributed by atoms with Crippen LogP contribution in [0.1, 0.15) is 0 Å². The summed E-state index contributed by atoms with van der Waals surface area (Å²) in [5.74, 6) is 0.720. The fourth-order valence-electron chi connectivity index (χ4n) is 5.95. The quantitative estimate of drug-likeness (QED) is 0.192. The van der Waals surface area contributed by atoms with Gasteiger partial charge >= 0.3 is 0 Å². The maximum absolute atomic E-state index is 5.09. The van der Waals surface area contributed by atoms with Crippen LogP contribution in [0.2, 0.25) is 0 Å². The maximum atomic E-state index is 5.09. The summed E-state index contributed by atoms with van der Waals surface area (Å²) >= 11 is 1.87. The van der Waals surface area contributed by atoms with E-state index in [9.17, 15) is 0 Å². The fourth-order valence-corrected chi connectivity index (χ4v) is 7.31. The molecule has 2 heterocycles. The van der Waals surface area contributed by atoms with Crippen LogP contribution in [0.3, 0.4) is 0 Å². The van der Waals surface area contributed by atoms with E-state index in [4.69, 9.17) is 9.97 Å². The van der Waals surface area contributed by atoms with E-state index >= 15 is 0 Å². The lowest BCUT2D eigenvalue weighted by atomic mass is 9.95. The van der Waals surface area contributed by atoms with Gasteiger partial charge in [-0.25, -0.2) is 9.97 Å². The van der Waals surface area contributed by atoms with Gasteiger partial charge in [0, 0.05) is 37.2 Å². The van der Waals surface area contributed by atoms with Crippen molar-refractivity contribution in [3.05, 3.63) is 170 Å². The molecule has 2 aromatic heterocycles. The molecule has 0 unspecified atom stereocenters. The van der Waals surface area contributed by atoms with Gasteiger partial charge in [0.15, 0.2) is 5.82 Å². The second kappa shape index (κ2) is 11.8. The van der Waals surface area contributed by atoms with E-state index in [1.807, 2.05) is 35.6 Å². The summed E-state index contributed by atoms with van der Waals surface area (Å²) in [6, 6.07) is 59.6. The van der Waals surface area contributed by atoms with Crippen molar-refractivity contribution in [1.29, 1.82) is 0 Å². The molecule has 0 amide bonds. The van der Waals surface area contributed by atoms with E-state index in [0.29, 0.717) is 0 Å². The molecule has 0 radical (unpaired) electrons. The first-order chi connectivity index (χ1) is 22.3. The number of fused-ring (bicyclic) bond motifs is 1. The summed E-state index contributed by atoms with van der Waals surface area (Å²) in [5.41, 5.74) is 11.1. The summed E-state index contributed by atoms with van der Waals surface area (Å²) in [6.07, 6.45) is 0. The highest BCUT2D eigenvalue weighted by Crippen LogP contribution is 2.48. The average molecular weight is 593 g/mol. The monoisotopic (exact) mass is 592 g/mol. The Labute approximate surface area is 267 Å². The van der Waals surface area contributed by atoms with Gasteiger partial charge in [0.2, 0.25) is 0 Å². The predicted octanol–water partition coefficient (Wildman–Crippen LogP) is 11.7. The molecule has 45 heavy (non-hydrogen) atoms. The zero-order chi connectivity index (χ0) is 30.0. The minimum Gasteiger partial charge on any atom is -0.228 e. The van der Waals surface area contributed by atoms with E-state index in [0.717, 1.165) is 33.9 Å². The highest BCUT2D eigenvalue weighted by Gasteiger charge is 2.19. The van der Waals surface area contributed by atoms with Gasteiger partial charge in [0.25, 0.3) is 0 Å². The lowest BCUT2D eigenvalue weighted by Crippen LogP contribution is -1.96. The first-order valence-corrected chi connectivity index (χ1v) is 15.9. The number of benzene rings is 6. The van der Waals surface area contributed by atoms with Gasteiger partial charge in [0.05, 0.1) is 11.4 Å². The Bertz CT molecular complexity index is 2180. The Balaban J connectivity index is 1.30. The van der Waals surface area contributed by atoms with Crippen molar-refractivity contribution in [3.63, 3.8) is 0 Å². The molecule has 0 aliphatic rings. The Morgan fingerprint density at radius 3 is 1.56 bits per heavy atom. The van der Waals surface area contributed by atoms with Gasteiger partial charge < -0.3 is 0 Å². The van der Waals surface area contributed by atoms with Crippen molar-refractivity contribution in [1.82, 2.24) is 9.97 Å². The highest BCUT2D eigenvalue weighted by atomic mass is 32.1. The smallest absolute Gasteiger partial charge is 0.160 e. The highest BCUT2D eigenvalue weighted by molar-refractivity contribution is 7.23. The third-order valence-corrected chi connectivity index (χ3v) is 9.40. The second-order valence-corrected chi connectivity index (χ2v) is 12.0. The molecule has 0 aliphatic heterocycles. The van der Waals surface area contributed by atoms with Gasteiger partial charge in [0.1, 0.15) is 0 Å². The molecule has 0 saturated heterocycles. The average Bonchev–Trinajstić information content (AvgIpc) is 3.53. The van der Waals surface area contributed by atoms with Crippen molar-refractivity contribution in [2.45, 2.75) is 0 Å². The minimum atomic E-state index is 0.720. The van der Waals surface area contributed by atoms with Crippen molar-refractivity contribution >= 4 is 21.4 Å². The van der Waals surface area contributed by atoms with Crippen LogP contribution in [0.4, 0.5) is 0 Å². The van der Waals surface area contributed by atoms with Gasteiger partial charge in [-0.15, -0.1) is 11.3 Å². The van der Waals surface area contributed by atoms with Crippen LogP contribution in [0, 0.1) is 0 Å². The molecule has 0 saturated carbocycles. The molecular formula is C42H28N2S. The van der Waals surface area contributed by atoms with Crippen molar-refractivity contribution in [3.8, 4) is 66.6 Å². The Morgan fingerprint density at radius 2 is 0.889 bits per heavy atom. The number of nitrogens with zero attached hydrogens (tertiary/aromatic N) is 2. The Morgan fingerprint density at radius 1 is 0.378 bits per heavy atom. The Kier molecular flexibility index (Phi) is 7.07. The SMILES string of the molecule is c1ccc(-c2cc(-c3cccc(-c4cccc5c(-c6ccccc6)c(-c6ccccc6)sc45)c3)nc(-c3ccccc3)n2)cc1. The van der Waals surface area contributed by atoms with E-state index in [-0.39, 0.29) is 0 Å². The third kappa shape index (κ3) is 5.24. The summed E-state index contributed by atoms with van der Waals surface area (Å²) in [7, 11) is 0. The van der Waals surface area contributed by atoms with Crippen LogP contribution in [-0.4, -0.2) is 9.97 Å². The predicted molar refractivity (Wildman–Crippen MR) is 190 cm³/mol. The molecule has 0 aliphatic carbocycles. The molecule has 0 N–H and O–H groups in total. The van der Waals surface area contributed by atoms with Crippen LogP contribution in [0.5, 0.6) is 0 Å². The third-order valence-electron chi connectivity index (χ3n) is 8.11. The van der Waals surface area contributed by atoms with E-state index in [1.165, 1.54) is 42.8 Å². The van der Waals surface area contributed by atoms with Crippen LogP contribution in [0.15, 0.2) is 170 Å². The number of rotatable bonds is 6. The standard InChI is InChI=1S/C42H28N2S/c1-5-15-29(16-6-1)37-28-38(44-42(43-37)32-21-11-4-12-22-32)34-24-13-23-33(27-34)35-25-14-26-36-39(30-17-7-2-8-18-30)40(45-41(35)36)31-19-9-3-10-20-31/h1-28H. The summed E-state index contributed by atoms with van der Waals surface area (Å²) in [6.45, 7) is 0. The number of thiophene rings is 1. The number of hydrogen-bond donors (Lipinski definition) is 0. The van der Waals surface area contributed by atoms with Crippen LogP contribution in [0.25, 0.3) is 76.7 Å². The largest absolute Gasteiger partial charge is 0.228 e. The molecule has 0 atom stereocenters. The molecule has 0 spiro atoms. The molecule has 8 aromatic rings. The van der Waals surface area contributed by atoms with E-state index in [2.05, 4.69) is 146 Å². The zero-order valence-corrected chi connectivity index (χ0v) is 25.3. The number of hydrogen-bond acceptors (Lipinski definition) is 3. The van der Waals surface area contributed by atoms with Crippen molar-refractivity contribution in [2.75, 3.05) is 0 Å². The molecular weight excluding hydrogens is 565 g/mol. The molecule has 6 aromatic carbocycles. The van der Waals surface area contributed by atoms with Gasteiger partial charge in [-0.05, 0) is 34.4 Å². The lowest BCUT2D eigenvalue weighted by Gasteiger charge is -2.11. The van der Waals surface area contributed by atoms with Gasteiger partial charge in [-0.3, -0.25) is 0 Å². The lowest BCUT2D eigenvalue weighted by molar-refractivity contribution is 1.18. The normalized spacial score (nSPS) is 11.1. The molecule has 3 heteroatoms. The Hall–Kier alpha value is -5.64. The summed E-state index contributed by atoms with van der Waals surface area (Å²) < 4.78 is 1.28. The summed E-state index contributed by atoms with van der Waals surface area (Å²) in [4.78, 5) is 11.4. The van der Waals surface area contributed by atoms with Crippen molar-refractivity contribution in [2.24, 2.45) is 0 Å². The minimum absolute atomic E-state index is 0.720. The van der Waals surface area contributed by atoms with Crippen molar-refractivity contribution < 1.29 is 0 Å². The van der Waals surface area contributed by atoms with Crippen LogP contribution >= 0.6 is 11.3 Å². The molecule has 0 fully saturated rings. The second-order valence-electron chi connectivity index (χ2n) is 11.0. The fraction of sp³-hybridized carbons (Fsp3) is 0. The first kappa shape index (κ1) is 26.9. The first-order valence-electron chi connectivity index (χ1n) is 15.1. The van der Waals surface area contributed by atoms with Gasteiger partial charge in [-0.2, -0.15) is 0 Å². The number of aromatic nitrogens is 2. The van der Waals surface area contributed by atoms with E-state index in [1.54, 1.807) is 0 Å². The van der Waals surface area contributed by atoms with E-state index < -0.39 is 0 Å². The van der Waals surface area contributed by atoms with Crippen LogP contribution < -0.4 is 0 Å². The van der Waals surface area contributed by atoms with Crippen LogP contribution in [-0.2, 0) is 0 Å².